The average Bonchev–Trinajstić information content (AvgIpc) is 3.31. The number of carbonyl (C=O) groups is 3. The van der Waals surface area contributed by atoms with Crippen molar-refractivity contribution in [1.82, 2.24) is 0 Å². The first-order valence-corrected chi connectivity index (χ1v) is 10.1. The molecule has 4 saturated heterocycles. The van der Waals surface area contributed by atoms with Crippen molar-refractivity contribution < 1.29 is 43.5 Å². The van der Waals surface area contributed by atoms with Crippen molar-refractivity contribution in [2.45, 2.75) is 76.3 Å². The Morgan fingerprint density at radius 2 is 1.72 bits per heavy atom. The number of rotatable bonds is 0. The first-order valence-electron chi connectivity index (χ1n) is 10.1. The molecular weight excluding hydrogens is 384 g/mol. The van der Waals surface area contributed by atoms with Crippen molar-refractivity contribution in [2.75, 3.05) is 0 Å². The van der Waals surface area contributed by atoms with Crippen molar-refractivity contribution in [2.24, 2.45) is 28.1 Å². The Morgan fingerprint density at radius 1 is 1.03 bits per heavy atom. The zero-order chi connectivity index (χ0) is 20.9. The molecule has 2 aliphatic carbocycles. The minimum atomic E-state index is -1.97. The zero-order valence-corrected chi connectivity index (χ0v) is 16.6. The molecule has 2 saturated carbocycles. The molecule has 6 rings (SSSR count). The van der Waals surface area contributed by atoms with Gasteiger partial charge in [-0.2, -0.15) is 0 Å². The van der Waals surface area contributed by atoms with E-state index < -0.39 is 70.5 Å². The standard InChI is InChI=1S/C20H24O9/c1-7-12(22)26-10-6-17-9-5-8(16(2,3)4)18(17)11(21)13(23)28-15(18)29-20(17,14(24)27-9)19(7,10)25/h7-11,15,21,25H,5-6H2,1-4H3/t7-,8+,9+,10+,11+,15+,17+,18+,19-,20+/m1/s1. The van der Waals surface area contributed by atoms with Gasteiger partial charge in [0.05, 0.1) is 16.7 Å². The lowest BCUT2D eigenvalue weighted by atomic mass is 9.51. The first-order chi connectivity index (χ1) is 13.4. The number of ether oxygens (including phenoxy) is 4. The maximum Gasteiger partial charge on any atom is 0.342 e. The maximum absolute atomic E-state index is 13.3. The highest BCUT2D eigenvalue weighted by Crippen LogP contribution is 2.84. The number of hydrogen-bond acceptors (Lipinski definition) is 9. The summed E-state index contributed by atoms with van der Waals surface area (Å²) >= 11 is 0. The van der Waals surface area contributed by atoms with Crippen LogP contribution in [0.25, 0.3) is 0 Å². The van der Waals surface area contributed by atoms with Crippen LogP contribution in [-0.2, 0) is 33.3 Å². The fourth-order valence-electron chi connectivity index (χ4n) is 8.06. The van der Waals surface area contributed by atoms with Crippen molar-refractivity contribution in [3.63, 3.8) is 0 Å². The largest absolute Gasteiger partial charge is 0.459 e. The van der Waals surface area contributed by atoms with Crippen LogP contribution in [0.15, 0.2) is 0 Å². The minimum Gasteiger partial charge on any atom is -0.459 e. The van der Waals surface area contributed by atoms with Gasteiger partial charge in [-0.15, -0.1) is 0 Å². The van der Waals surface area contributed by atoms with Gasteiger partial charge in [0.1, 0.15) is 12.2 Å². The molecule has 0 aromatic rings. The van der Waals surface area contributed by atoms with Crippen molar-refractivity contribution in [3.8, 4) is 0 Å². The van der Waals surface area contributed by atoms with Gasteiger partial charge in [0.15, 0.2) is 11.7 Å². The third-order valence-electron chi connectivity index (χ3n) is 8.97. The van der Waals surface area contributed by atoms with Gasteiger partial charge >= 0.3 is 17.9 Å². The molecule has 6 fully saturated rings. The van der Waals surface area contributed by atoms with E-state index in [4.69, 9.17) is 18.9 Å². The lowest BCUT2D eigenvalue weighted by Gasteiger charge is -2.46. The predicted molar refractivity (Wildman–Crippen MR) is 90.6 cm³/mol. The molecule has 4 heterocycles. The number of carbonyl (C=O) groups excluding carboxylic acids is 3. The van der Waals surface area contributed by atoms with E-state index in [9.17, 15) is 24.6 Å². The molecule has 0 amide bonds. The molecule has 4 aliphatic heterocycles. The quantitative estimate of drug-likeness (QED) is 0.408. The number of aliphatic hydroxyl groups is 2. The number of aliphatic hydroxyl groups excluding tert-OH is 1. The first kappa shape index (κ1) is 18.1. The van der Waals surface area contributed by atoms with Gasteiger partial charge < -0.3 is 29.2 Å². The Kier molecular flexibility index (Phi) is 2.79. The number of hydrogen-bond donors (Lipinski definition) is 2. The molecule has 158 valence electrons. The van der Waals surface area contributed by atoms with Gasteiger partial charge in [-0.05, 0) is 24.7 Å². The molecule has 0 radical (unpaired) electrons. The molecule has 2 N–H and O–H groups in total. The Morgan fingerprint density at radius 3 is 2.38 bits per heavy atom. The third-order valence-corrected chi connectivity index (χ3v) is 8.97. The van der Waals surface area contributed by atoms with Gasteiger partial charge in [0, 0.05) is 6.42 Å². The number of esters is 3. The van der Waals surface area contributed by atoms with E-state index in [1.165, 1.54) is 6.92 Å². The number of fused-ring (bicyclic) bond motifs is 1. The molecule has 0 unspecified atom stereocenters. The summed E-state index contributed by atoms with van der Waals surface area (Å²) < 4.78 is 22.9. The molecule has 29 heavy (non-hydrogen) atoms. The lowest BCUT2D eigenvalue weighted by Crippen LogP contribution is -2.66. The van der Waals surface area contributed by atoms with Crippen LogP contribution >= 0.6 is 0 Å². The van der Waals surface area contributed by atoms with Gasteiger partial charge in [-0.3, -0.25) is 4.79 Å². The Hall–Kier alpha value is -1.71. The van der Waals surface area contributed by atoms with E-state index in [1.807, 2.05) is 20.8 Å². The molecule has 0 aromatic heterocycles. The predicted octanol–water partition coefficient (Wildman–Crippen LogP) is -0.340. The second-order valence-electron chi connectivity index (χ2n) is 10.6. The zero-order valence-electron chi connectivity index (χ0n) is 16.6. The van der Waals surface area contributed by atoms with Gasteiger partial charge in [0.25, 0.3) is 0 Å². The Balaban J connectivity index is 1.68. The maximum atomic E-state index is 13.3. The molecular formula is C20H24O9. The molecule has 9 nitrogen and oxygen atoms in total. The summed E-state index contributed by atoms with van der Waals surface area (Å²) in [5, 5.41) is 23.0. The fraction of sp³-hybridized carbons (Fsp3) is 0.850. The highest BCUT2D eigenvalue weighted by molar-refractivity contribution is 5.93. The molecule has 9 heteroatoms. The second kappa shape index (κ2) is 4.48. The monoisotopic (exact) mass is 408 g/mol. The Labute approximate surface area is 166 Å². The van der Waals surface area contributed by atoms with Gasteiger partial charge in [-0.25, -0.2) is 9.59 Å². The van der Waals surface area contributed by atoms with Crippen LogP contribution in [0.1, 0.15) is 40.5 Å². The van der Waals surface area contributed by atoms with Crippen molar-refractivity contribution >= 4 is 17.9 Å². The lowest BCUT2D eigenvalue weighted by molar-refractivity contribution is -0.238. The van der Waals surface area contributed by atoms with Crippen LogP contribution in [-0.4, -0.2) is 63.9 Å². The van der Waals surface area contributed by atoms with Crippen LogP contribution in [0.4, 0.5) is 0 Å². The van der Waals surface area contributed by atoms with Crippen LogP contribution in [0.2, 0.25) is 0 Å². The summed E-state index contributed by atoms with van der Waals surface area (Å²) in [6.45, 7) is 7.47. The van der Waals surface area contributed by atoms with E-state index >= 15 is 0 Å². The highest BCUT2D eigenvalue weighted by atomic mass is 16.8. The average molecular weight is 408 g/mol. The van der Waals surface area contributed by atoms with Crippen LogP contribution < -0.4 is 0 Å². The highest BCUT2D eigenvalue weighted by Gasteiger charge is 3.01. The van der Waals surface area contributed by atoms with Crippen molar-refractivity contribution in [1.29, 1.82) is 0 Å². The molecule has 6 aliphatic rings. The summed E-state index contributed by atoms with van der Waals surface area (Å²) in [5.74, 6) is -3.52. The SMILES string of the molecule is C[C@@H]1C(=O)O[C@H]2C[C@]34[C@@H]5C[C@@H](C(C)(C)C)[C@]36[C@@H](OC(=O)[C@@H]6O)O[C@]4(C(=O)O5)[C@]21O. The molecule has 0 aromatic carbocycles. The van der Waals surface area contributed by atoms with Crippen LogP contribution in [0.3, 0.4) is 0 Å². The smallest absolute Gasteiger partial charge is 0.342 e. The molecule has 0 bridgehead atoms. The van der Waals surface area contributed by atoms with Crippen LogP contribution in [0, 0.1) is 28.1 Å². The minimum absolute atomic E-state index is 0.0623. The van der Waals surface area contributed by atoms with E-state index in [0.717, 1.165) is 0 Å². The second-order valence-corrected chi connectivity index (χ2v) is 10.6. The van der Waals surface area contributed by atoms with E-state index in [0.29, 0.717) is 6.42 Å². The topological polar surface area (TPSA) is 129 Å². The fourth-order valence-corrected chi connectivity index (χ4v) is 8.06. The van der Waals surface area contributed by atoms with E-state index in [1.54, 1.807) is 0 Å². The van der Waals surface area contributed by atoms with Gasteiger partial charge in [0.2, 0.25) is 11.9 Å². The van der Waals surface area contributed by atoms with Crippen molar-refractivity contribution in [3.05, 3.63) is 0 Å². The Bertz CT molecular complexity index is 893. The summed E-state index contributed by atoms with van der Waals surface area (Å²) in [5.41, 5.74) is -6.81. The summed E-state index contributed by atoms with van der Waals surface area (Å²) in [6, 6.07) is 0. The molecule has 2 spiro atoms. The third kappa shape index (κ3) is 1.35. The van der Waals surface area contributed by atoms with Gasteiger partial charge in [-0.1, -0.05) is 20.8 Å². The van der Waals surface area contributed by atoms with Crippen LogP contribution in [0.5, 0.6) is 0 Å². The van der Waals surface area contributed by atoms with E-state index in [-0.39, 0.29) is 17.8 Å². The molecule has 10 atom stereocenters. The summed E-state index contributed by atoms with van der Waals surface area (Å²) in [6.07, 6.45) is -3.96. The summed E-state index contributed by atoms with van der Waals surface area (Å²) in [7, 11) is 0. The normalized spacial score (nSPS) is 59.2. The summed E-state index contributed by atoms with van der Waals surface area (Å²) in [4.78, 5) is 38.1. The van der Waals surface area contributed by atoms with E-state index in [2.05, 4.69) is 0 Å².